The van der Waals surface area contributed by atoms with E-state index in [0.717, 1.165) is 49.9 Å². The molecule has 0 unspecified atom stereocenters. The molecule has 0 bridgehead atoms. The van der Waals surface area contributed by atoms with E-state index in [1.807, 2.05) is 12.1 Å². The molecule has 1 fully saturated rings. The maximum Gasteiger partial charge on any atom is 0.216 e. The Bertz CT molecular complexity index is 1970. The van der Waals surface area contributed by atoms with Crippen LogP contribution in [0.15, 0.2) is 95.5 Å². The summed E-state index contributed by atoms with van der Waals surface area (Å²) in [4.78, 5) is 0. The Morgan fingerprint density at radius 2 is 1.44 bits per heavy atom. The van der Waals surface area contributed by atoms with Crippen LogP contribution in [-0.4, -0.2) is 0 Å². The first-order chi connectivity index (χ1) is 20.0. The molecule has 1 saturated carbocycles. The van der Waals surface area contributed by atoms with Crippen molar-refractivity contribution in [3.8, 4) is 39.6 Å². The lowest BCUT2D eigenvalue weighted by Gasteiger charge is -2.11. The number of hydrogen-bond donors (Lipinski definition) is 0. The highest BCUT2D eigenvalue weighted by atomic mass is 16.3. The van der Waals surface area contributed by atoms with Gasteiger partial charge >= 0.3 is 0 Å². The van der Waals surface area contributed by atoms with Gasteiger partial charge in [-0.05, 0) is 72.6 Å². The first kappa shape index (κ1) is 25.3. The summed E-state index contributed by atoms with van der Waals surface area (Å²) in [5, 5.41) is 12.2. The fraction of sp³-hybridized carbons (Fsp3) is 0.211. The number of aryl methyl sites for hydroxylation is 3. The molecule has 0 N–H and O–H groups in total. The van der Waals surface area contributed by atoms with Crippen LogP contribution in [0, 0.1) is 25.2 Å². The normalized spacial score (nSPS) is 13.7. The van der Waals surface area contributed by atoms with Gasteiger partial charge < -0.3 is 4.42 Å². The van der Waals surface area contributed by atoms with E-state index in [-0.39, 0.29) is 0 Å². The number of fused-ring (bicyclic) bond motifs is 3. The predicted octanol–water partition coefficient (Wildman–Crippen LogP) is 9.56. The second-order valence-electron chi connectivity index (χ2n) is 11.5. The number of nitriles is 1. The molecular weight excluding hydrogens is 500 g/mol. The highest BCUT2D eigenvalue weighted by Gasteiger charge is 2.25. The number of hydrogen-bond acceptors (Lipinski definition) is 2. The molecule has 41 heavy (non-hydrogen) atoms. The van der Waals surface area contributed by atoms with Gasteiger partial charge in [-0.15, -0.1) is 0 Å². The third-order valence-electron chi connectivity index (χ3n) is 8.99. The molecule has 1 aliphatic rings. The van der Waals surface area contributed by atoms with Crippen molar-refractivity contribution < 1.29 is 8.98 Å². The van der Waals surface area contributed by atoms with Crippen LogP contribution < -0.4 is 4.57 Å². The van der Waals surface area contributed by atoms with E-state index in [1.54, 1.807) is 0 Å². The van der Waals surface area contributed by atoms with Crippen molar-refractivity contribution in [2.45, 2.75) is 45.4 Å². The first-order valence-corrected chi connectivity index (χ1v) is 14.6. The molecule has 3 heteroatoms. The van der Waals surface area contributed by atoms with E-state index in [1.165, 1.54) is 47.9 Å². The van der Waals surface area contributed by atoms with Gasteiger partial charge in [-0.1, -0.05) is 79.6 Å². The van der Waals surface area contributed by atoms with Crippen molar-refractivity contribution in [1.82, 2.24) is 0 Å². The summed E-state index contributed by atoms with van der Waals surface area (Å²) in [6, 6.07) is 32.4. The Labute approximate surface area is 241 Å². The lowest BCUT2D eigenvalue weighted by atomic mass is 9.92. The van der Waals surface area contributed by atoms with Crippen molar-refractivity contribution in [2.24, 2.45) is 7.05 Å². The molecule has 3 nitrogen and oxygen atoms in total. The second kappa shape index (κ2) is 10.1. The fourth-order valence-electron chi connectivity index (χ4n) is 6.80. The average molecular weight is 534 g/mol. The smallest absolute Gasteiger partial charge is 0.216 e. The molecule has 4 aromatic carbocycles. The highest BCUT2D eigenvalue weighted by Crippen LogP contribution is 2.43. The van der Waals surface area contributed by atoms with Gasteiger partial charge in [0.1, 0.15) is 18.2 Å². The number of pyridine rings is 1. The molecule has 0 amide bonds. The molecule has 0 radical (unpaired) electrons. The quantitative estimate of drug-likeness (QED) is 0.212. The molecule has 200 valence electrons. The van der Waals surface area contributed by atoms with Crippen LogP contribution in [0.2, 0.25) is 0 Å². The van der Waals surface area contributed by atoms with E-state index >= 15 is 0 Å². The Hall–Kier alpha value is -4.68. The van der Waals surface area contributed by atoms with Gasteiger partial charge in [0.2, 0.25) is 5.69 Å². The Balaban J connectivity index is 1.42. The predicted molar refractivity (Wildman–Crippen MR) is 167 cm³/mol. The van der Waals surface area contributed by atoms with Gasteiger partial charge in [0.05, 0.1) is 17.2 Å². The minimum absolute atomic E-state index is 0.636. The maximum absolute atomic E-state index is 10.1. The van der Waals surface area contributed by atoms with Crippen LogP contribution in [0.5, 0.6) is 0 Å². The molecule has 2 heterocycles. The van der Waals surface area contributed by atoms with E-state index in [4.69, 9.17) is 4.42 Å². The lowest BCUT2D eigenvalue weighted by molar-refractivity contribution is -0.659. The third kappa shape index (κ3) is 4.23. The molecule has 1 aliphatic carbocycles. The van der Waals surface area contributed by atoms with Crippen molar-refractivity contribution in [1.29, 1.82) is 5.26 Å². The summed E-state index contributed by atoms with van der Waals surface area (Å²) >= 11 is 0. The Kier molecular flexibility index (Phi) is 6.20. The summed E-state index contributed by atoms with van der Waals surface area (Å²) in [7, 11) is 2.10. The van der Waals surface area contributed by atoms with Gasteiger partial charge in [0, 0.05) is 28.0 Å². The number of benzene rings is 4. The molecule has 0 atom stereocenters. The van der Waals surface area contributed by atoms with Crippen molar-refractivity contribution >= 4 is 21.9 Å². The van der Waals surface area contributed by atoms with E-state index in [9.17, 15) is 5.26 Å². The van der Waals surface area contributed by atoms with Crippen molar-refractivity contribution in [3.05, 3.63) is 113 Å². The Morgan fingerprint density at radius 1 is 0.756 bits per heavy atom. The third-order valence-corrected chi connectivity index (χ3v) is 8.99. The van der Waals surface area contributed by atoms with Crippen LogP contribution in [0.3, 0.4) is 0 Å². The van der Waals surface area contributed by atoms with Gasteiger partial charge in [0.15, 0.2) is 6.20 Å². The summed E-state index contributed by atoms with van der Waals surface area (Å²) < 4.78 is 9.02. The van der Waals surface area contributed by atoms with Gasteiger partial charge in [-0.3, -0.25) is 0 Å². The topological polar surface area (TPSA) is 40.8 Å². The Morgan fingerprint density at radius 3 is 2.15 bits per heavy atom. The maximum atomic E-state index is 10.1. The monoisotopic (exact) mass is 533 g/mol. The van der Waals surface area contributed by atoms with Crippen molar-refractivity contribution in [3.63, 3.8) is 0 Å². The molecule has 7 rings (SSSR count). The molecule has 0 spiro atoms. The van der Waals surface area contributed by atoms with Crippen LogP contribution in [0.4, 0.5) is 0 Å². The standard InChI is InChI=1S/C38H33N2O/c1-24-13-19-31-32-20-18-30(22-39)36(29-16-14-27(15-17-29)26-9-7-8-10-26)38(32)41-37(31)35(24)34-21-25(2)33(23-40(34)3)28-11-5-4-6-12-28/h4-6,11-21,23,26H,7-10H2,1-3H3/q+1. The fourth-order valence-corrected chi connectivity index (χ4v) is 6.80. The van der Waals surface area contributed by atoms with Crippen LogP contribution in [0.25, 0.3) is 55.4 Å². The largest absolute Gasteiger partial charge is 0.454 e. The second-order valence-corrected chi connectivity index (χ2v) is 11.5. The highest BCUT2D eigenvalue weighted by molar-refractivity contribution is 6.14. The van der Waals surface area contributed by atoms with Gasteiger partial charge in [-0.25, -0.2) is 4.57 Å². The van der Waals surface area contributed by atoms with Gasteiger partial charge in [0.25, 0.3) is 0 Å². The number of nitrogens with zero attached hydrogens (tertiary/aromatic N) is 2. The molecule has 0 saturated heterocycles. The molecular formula is C38H33N2O+. The first-order valence-electron chi connectivity index (χ1n) is 14.6. The number of rotatable bonds is 4. The molecule has 2 aromatic heterocycles. The molecule has 6 aromatic rings. The van der Waals surface area contributed by atoms with Crippen molar-refractivity contribution in [2.75, 3.05) is 0 Å². The zero-order valence-corrected chi connectivity index (χ0v) is 23.9. The lowest BCUT2D eigenvalue weighted by Crippen LogP contribution is -2.31. The SMILES string of the molecule is Cc1cc(-c2c(C)ccc3c2oc2c(-c4ccc(C5CCCC5)cc4)c(C#N)ccc23)[n+](C)cc1-c1ccccc1. The minimum atomic E-state index is 0.636. The summed E-state index contributed by atoms with van der Waals surface area (Å²) in [5.74, 6) is 0.657. The van der Waals surface area contributed by atoms with Crippen LogP contribution in [0.1, 0.15) is 53.9 Å². The van der Waals surface area contributed by atoms with Gasteiger partial charge in [-0.2, -0.15) is 5.26 Å². The number of aromatic nitrogens is 1. The molecule has 0 aliphatic heterocycles. The van der Waals surface area contributed by atoms with E-state index in [2.05, 4.69) is 111 Å². The summed E-state index contributed by atoms with van der Waals surface area (Å²) in [6.07, 6.45) is 7.39. The van der Waals surface area contributed by atoms with E-state index in [0.29, 0.717) is 11.5 Å². The van der Waals surface area contributed by atoms with Crippen LogP contribution >= 0.6 is 0 Å². The van der Waals surface area contributed by atoms with E-state index < -0.39 is 0 Å². The average Bonchev–Trinajstić information content (AvgIpc) is 3.67. The number of furan rings is 1. The summed E-state index contributed by atoms with van der Waals surface area (Å²) in [5.41, 5.74) is 12.6. The zero-order chi connectivity index (χ0) is 28.1. The summed E-state index contributed by atoms with van der Waals surface area (Å²) in [6.45, 7) is 4.32. The zero-order valence-electron chi connectivity index (χ0n) is 23.9. The van der Waals surface area contributed by atoms with Crippen LogP contribution in [-0.2, 0) is 7.05 Å². The minimum Gasteiger partial charge on any atom is -0.454 e.